The van der Waals surface area contributed by atoms with Crippen LogP contribution in [0.1, 0.15) is 20.8 Å². The van der Waals surface area contributed by atoms with Crippen LogP contribution in [0.2, 0.25) is 0 Å². The number of amides is 1. The fourth-order valence-corrected chi connectivity index (χ4v) is 2.05. The van der Waals surface area contributed by atoms with E-state index in [-0.39, 0.29) is 11.9 Å². The quantitative estimate of drug-likeness (QED) is 0.366. The number of hydrazine groups is 1. The van der Waals surface area contributed by atoms with Gasteiger partial charge in [-0.1, -0.05) is 0 Å². The van der Waals surface area contributed by atoms with E-state index in [9.17, 15) is 4.79 Å². The van der Waals surface area contributed by atoms with Gasteiger partial charge in [0.1, 0.15) is 0 Å². The van der Waals surface area contributed by atoms with Crippen LogP contribution in [0, 0.1) is 0 Å². The maximum atomic E-state index is 11.4. The molecular weight excluding hydrogens is 192 g/mol. The fourth-order valence-electron chi connectivity index (χ4n) is 2.05. The summed E-state index contributed by atoms with van der Waals surface area (Å²) in [5, 5.41) is 0. The molecule has 15 heavy (non-hydrogen) atoms. The number of rotatable bonds is 2. The smallest absolute Gasteiger partial charge is 0.250 e. The molecule has 0 aromatic rings. The van der Waals surface area contributed by atoms with Gasteiger partial charge in [-0.3, -0.25) is 20.0 Å². The largest absolute Gasteiger partial charge is 0.298 e. The van der Waals surface area contributed by atoms with Crippen LogP contribution >= 0.6 is 0 Å². The fraction of sp³-hybridized carbons (Fsp3) is 0.900. The van der Waals surface area contributed by atoms with Crippen molar-refractivity contribution >= 4 is 5.91 Å². The lowest BCUT2D eigenvalue weighted by molar-refractivity contribution is -0.127. The Bertz CT molecular complexity index is 221. The molecule has 88 valence electrons. The van der Waals surface area contributed by atoms with E-state index in [0.29, 0.717) is 12.1 Å². The van der Waals surface area contributed by atoms with E-state index in [1.165, 1.54) is 0 Å². The number of nitrogens with one attached hydrogen (secondary N) is 1. The molecule has 1 aliphatic heterocycles. The highest BCUT2D eigenvalue weighted by Crippen LogP contribution is 2.15. The second-order valence-corrected chi connectivity index (χ2v) is 4.50. The van der Waals surface area contributed by atoms with Crippen molar-refractivity contribution in [2.24, 2.45) is 5.84 Å². The molecule has 5 nitrogen and oxygen atoms in total. The van der Waals surface area contributed by atoms with Gasteiger partial charge in [-0.05, 0) is 27.8 Å². The highest BCUT2D eigenvalue weighted by Gasteiger charge is 2.31. The van der Waals surface area contributed by atoms with Crippen molar-refractivity contribution in [2.75, 3.05) is 20.1 Å². The molecule has 1 rings (SSSR count). The summed E-state index contributed by atoms with van der Waals surface area (Å²) in [7, 11) is 2.13. The van der Waals surface area contributed by atoms with Crippen LogP contribution < -0.4 is 11.3 Å². The Labute approximate surface area is 91.6 Å². The topological polar surface area (TPSA) is 61.6 Å². The Hall–Kier alpha value is -0.650. The zero-order valence-electron chi connectivity index (χ0n) is 10.0. The number of carbonyl (C=O) groups excluding carboxylic acids is 1. The molecule has 0 bridgehead atoms. The predicted octanol–water partition coefficient (Wildman–Crippen LogP) is -0.611. The Morgan fingerprint density at radius 1 is 1.40 bits per heavy atom. The first kappa shape index (κ1) is 12.4. The molecule has 0 radical (unpaired) electrons. The number of hydrogen-bond acceptors (Lipinski definition) is 4. The van der Waals surface area contributed by atoms with E-state index in [4.69, 9.17) is 5.84 Å². The van der Waals surface area contributed by atoms with Crippen molar-refractivity contribution in [2.45, 2.75) is 38.9 Å². The van der Waals surface area contributed by atoms with Crippen LogP contribution in [0.25, 0.3) is 0 Å². The van der Waals surface area contributed by atoms with Gasteiger partial charge >= 0.3 is 0 Å². The predicted molar refractivity (Wildman–Crippen MR) is 60.1 cm³/mol. The molecule has 5 heteroatoms. The molecule has 0 aliphatic carbocycles. The molecule has 0 spiro atoms. The first-order valence-corrected chi connectivity index (χ1v) is 5.43. The number of nitrogens with zero attached hydrogens (tertiary/aromatic N) is 2. The molecule has 1 saturated heterocycles. The van der Waals surface area contributed by atoms with Crippen LogP contribution in [0.5, 0.6) is 0 Å². The third-order valence-electron chi connectivity index (χ3n) is 3.46. The molecule has 1 heterocycles. The first-order valence-electron chi connectivity index (χ1n) is 5.43. The molecule has 1 fully saturated rings. The number of hydrogen-bond donors (Lipinski definition) is 2. The molecule has 0 aromatic carbocycles. The maximum absolute atomic E-state index is 11.4. The monoisotopic (exact) mass is 214 g/mol. The molecular formula is C10H22N4O. The molecule has 0 aromatic heterocycles. The van der Waals surface area contributed by atoms with Crippen LogP contribution in [0.4, 0.5) is 0 Å². The third kappa shape index (κ3) is 2.68. The van der Waals surface area contributed by atoms with E-state index >= 15 is 0 Å². The van der Waals surface area contributed by atoms with E-state index in [2.05, 4.69) is 36.1 Å². The summed E-state index contributed by atoms with van der Waals surface area (Å²) >= 11 is 0. The van der Waals surface area contributed by atoms with Crippen molar-refractivity contribution in [3.63, 3.8) is 0 Å². The van der Waals surface area contributed by atoms with Gasteiger partial charge in [0.15, 0.2) is 0 Å². The highest BCUT2D eigenvalue weighted by molar-refractivity contribution is 5.80. The van der Waals surface area contributed by atoms with Crippen LogP contribution in [-0.4, -0.2) is 54.0 Å². The number of likely N-dealkylation sites (N-methyl/N-ethyl adjacent to an activating group) is 1. The maximum Gasteiger partial charge on any atom is 0.250 e. The van der Waals surface area contributed by atoms with Crippen molar-refractivity contribution in [3.05, 3.63) is 0 Å². The van der Waals surface area contributed by atoms with Gasteiger partial charge in [-0.2, -0.15) is 0 Å². The minimum absolute atomic E-state index is 0.112. The summed E-state index contributed by atoms with van der Waals surface area (Å²) in [4.78, 5) is 15.9. The standard InChI is InChI=1S/C10H22N4O/c1-7-5-14(6-8(2)13(7)4)9(3)10(15)12-11/h7-9H,5-6,11H2,1-4H3,(H,12,15). The zero-order chi connectivity index (χ0) is 11.6. The number of carbonyl (C=O) groups is 1. The zero-order valence-corrected chi connectivity index (χ0v) is 10.0. The average Bonchev–Trinajstić information content (AvgIpc) is 2.23. The average molecular weight is 214 g/mol. The summed E-state index contributed by atoms with van der Waals surface area (Å²) in [6.07, 6.45) is 0. The van der Waals surface area contributed by atoms with Gasteiger partial charge in [-0.25, -0.2) is 5.84 Å². The Balaban J connectivity index is 2.61. The Morgan fingerprint density at radius 3 is 2.27 bits per heavy atom. The van der Waals surface area contributed by atoms with E-state index in [1.807, 2.05) is 6.92 Å². The molecule has 3 unspecified atom stereocenters. The van der Waals surface area contributed by atoms with Crippen molar-refractivity contribution < 1.29 is 4.79 Å². The van der Waals surface area contributed by atoms with Crippen molar-refractivity contribution in [1.82, 2.24) is 15.2 Å². The minimum atomic E-state index is -0.145. The van der Waals surface area contributed by atoms with Crippen LogP contribution in [0.15, 0.2) is 0 Å². The lowest BCUT2D eigenvalue weighted by Crippen LogP contribution is -2.60. The Morgan fingerprint density at radius 2 is 1.87 bits per heavy atom. The molecule has 3 N–H and O–H groups in total. The van der Waals surface area contributed by atoms with E-state index in [1.54, 1.807) is 0 Å². The van der Waals surface area contributed by atoms with Gasteiger partial charge in [0.05, 0.1) is 6.04 Å². The van der Waals surface area contributed by atoms with Crippen molar-refractivity contribution in [3.8, 4) is 0 Å². The molecule has 0 saturated carbocycles. The van der Waals surface area contributed by atoms with E-state index in [0.717, 1.165) is 13.1 Å². The van der Waals surface area contributed by atoms with Crippen LogP contribution in [0.3, 0.4) is 0 Å². The molecule has 1 amide bonds. The van der Waals surface area contributed by atoms with E-state index < -0.39 is 0 Å². The second-order valence-electron chi connectivity index (χ2n) is 4.50. The Kier molecular flexibility index (Phi) is 4.07. The minimum Gasteiger partial charge on any atom is -0.298 e. The van der Waals surface area contributed by atoms with Gasteiger partial charge in [0.25, 0.3) is 5.91 Å². The van der Waals surface area contributed by atoms with Gasteiger partial charge in [-0.15, -0.1) is 0 Å². The SMILES string of the molecule is CC(C(=O)NN)N1CC(C)N(C)C(C)C1. The second kappa shape index (κ2) is 4.92. The van der Waals surface area contributed by atoms with Gasteiger partial charge < -0.3 is 0 Å². The lowest BCUT2D eigenvalue weighted by atomic mass is 10.1. The normalized spacial score (nSPS) is 31.3. The lowest BCUT2D eigenvalue weighted by Gasteiger charge is -2.44. The highest BCUT2D eigenvalue weighted by atomic mass is 16.2. The summed E-state index contributed by atoms with van der Waals surface area (Å²) in [5.41, 5.74) is 2.21. The number of piperazine rings is 1. The van der Waals surface area contributed by atoms with Gasteiger partial charge in [0, 0.05) is 25.2 Å². The van der Waals surface area contributed by atoms with Crippen LogP contribution in [-0.2, 0) is 4.79 Å². The molecule has 3 atom stereocenters. The first-order chi connectivity index (χ1) is 6.97. The summed E-state index contributed by atoms with van der Waals surface area (Å²) in [6.45, 7) is 8.07. The number of nitrogens with two attached hydrogens (primary N) is 1. The summed E-state index contributed by atoms with van der Waals surface area (Å²) in [6, 6.07) is 0.803. The summed E-state index contributed by atoms with van der Waals surface area (Å²) < 4.78 is 0. The van der Waals surface area contributed by atoms with Gasteiger partial charge in [0.2, 0.25) is 0 Å². The third-order valence-corrected chi connectivity index (χ3v) is 3.46. The van der Waals surface area contributed by atoms with Crippen molar-refractivity contribution in [1.29, 1.82) is 0 Å². The molecule has 1 aliphatic rings. The summed E-state index contributed by atoms with van der Waals surface area (Å²) in [5.74, 6) is 5.03.